The van der Waals surface area contributed by atoms with Crippen LogP contribution in [0.4, 0.5) is 4.79 Å². The minimum absolute atomic E-state index is 0.302. The molecule has 1 aliphatic carbocycles. The van der Waals surface area contributed by atoms with E-state index < -0.39 is 22.6 Å². The van der Waals surface area contributed by atoms with Crippen molar-refractivity contribution in [1.29, 1.82) is 0 Å². The van der Waals surface area contributed by atoms with Gasteiger partial charge in [0.1, 0.15) is 5.60 Å². The van der Waals surface area contributed by atoms with E-state index in [1.54, 1.807) is 4.72 Å². The lowest BCUT2D eigenvalue weighted by Gasteiger charge is -2.13. The molecule has 0 unspecified atom stereocenters. The zero-order valence-corrected chi connectivity index (χ0v) is 8.00. The summed E-state index contributed by atoms with van der Waals surface area (Å²) < 4.78 is 31.4. The number of amides is 1. The summed E-state index contributed by atoms with van der Waals surface area (Å²) >= 11 is 0. The molecule has 0 aromatic heterocycles. The molecule has 6 nitrogen and oxygen atoms in total. The van der Waals surface area contributed by atoms with Crippen LogP contribution in [0.3, 0.4) is 0 Å². The highest BCUT2D eigenvalue weighted by molar-refractivity contribution is 7.70. The Morgan fingerprint density at radius 1 is 1.54 bits per heavy atom. The molecule has 1 rings (SSSR count). The molecule has 7 heteroatoms. The van der Waals surface area contributed by atoms with Crippen molar-refractivity contribution >= 4 is 17.0 Å². The molecule has 0 aliphatic heterocycles. The number of carbonyl (C=O) groups excluding carboxylic acids is 1. The molecule has 0 heterocycles. The minimum atomic E-state index is -2.94. The number of carbonyl (C=O) groups is 1. The Hall–Kier alpha value is -0.820. The van der Waals surface area contributed by atoms with E-state index in [1.807, 2.05) is 0 Å². The highest BCUT2D eigenvalue weighted by Gasteiger charge is 2.47. The fraction of sp³-hybridized carbons (Fsp3) is 0.833. The quantitative estimate of drug-likeness (QED) is 0.605. The van der Waals surface area contributed by atoms with E-state index in [4.69, 9.17) is 9.47 Å². The van der Waals surface area contributed by atoms with Gasteiger partial charge in [-0.1, -0.05) is 0 Å². The van der Waals surface area contributed by atoms with Crippen LogP contribution in [-0.4, -0.2) is 33.8 Å². The van der Waals surface area contributed by atoms with E-state index in [2.05, 4.69) is 0 Å². The molecular formula is C6H11NO5S. The van der Waals surface area contributed by atoms with Gasteiger partial charge < -0.3 is 9.47 Å². The van der Waals surface area contributed by atoms with Gasteiger partial charge >= 0.3 is 6.09 Å². The number of hydrogen-bond acceptors (Lipinski definition) is 5. The van der Waals surface area contributed by atoms with Crippen molar-refractivity contribution in [2.24, 2.45) is 0 Å². The van der Waals surface area contributed by atoms with E-state index >= 15 is 0 Å². The standard InChI is InChI=1S/C6H11NO5S/c1-11-4-6(2-3-6)12-5(8)7-13(9)10/h13H,2-4H2,1H3,(H,7,8,9,10). The lowest BCUT2D eigenvalue weighted by Crippen LogP contribution is -2.31. The van der Waals surface area contributed by atoms with Crippen molar-refractivity contribution in [1.82, 2.24) is 4.72 Å². The third-order valence-corrected chi connectivity index (χ3v) is 2.07. The van der Waals surface area contributed by atoms with Gasteiger partial charge in [0.25, 0.3) is 0 Å². The molecule has 0 bridgehead atoms. The molecule has 0 radical (unpaired) electrons. The molecule has 1 N–H and O–H groups in total. The number of ether oxygens (including phenoxy) is 2. The molecule has 1 saturated carbocycles. The zero-order valence-electron chi connectivity index (χ0n) is 7.11. The van der Waals surface area contributed by atoms with Gasteiger partial charge in [-0.3, -0.25) is 0 Å². The lowest BCUT2D eigenvalue weighted by molar-refractivity contribution is 0.0258. The van der Waals surface area contributed by atoms with Crippen LogP contribution in [0, 0.1) is 0 Å². The van der Waals surface area contributed by atoms with Crippen LogP contribution in [0.25, 0.3) is 0 Å². The molecule has 0 aromatic carbocycles. The van der Waals surface area contributed by atoms with Crippen molar-refractivity contribution in [3.63, 3.8) is 0 Å². The van der Waals surface area contributed by atoms with Crippen LogP contribution in [0.15, 0.2) is 0 Å². The normalized spacial score (nSPS) is 18.3. The van der Waals surface area contributed by atoms with Crippen LogP contribution < -0.4 is 4.72 Å². The SMILES string of the molecule is COCC1(OC(=O)N[SH](=O)=O)CC1. The van der Waals surface area contributed by atoms with E-state index in [0.717, 1.165) is 0 Å². The Labute approximate surface area is 77.3 Å². The number of methoxy groups -OCH3 is 1. The maximum Gasteiger partial charge on any atom is 0.421 e. The van der Waals surface area contributed by atoms with E-state index in [9.17, 15) is 13.2 Å². The zero-order chi connectivity index (χ0) is 9.90. The summed E-state index contributed by atoms with van der Waals surface area (Å²) in [7, 11) is -1.44. The van der Waals surface area contributed by atoms with Gasteiger partial charge in [0.2, 0.25) is 10.9 Å². The maximum atomic E-state index is 10.8. The minimum Gasteiger partial charge on any atom is -0.440 e. The van der Waals surface area contributed by atoms with Crippen LogP contribution in [0.5, 0.6) is 0 Å². The first-order chi connectivity index (χ1) is 6.08. The molecule has 13 heavy (non-hydrogen) atoms. The first kappa shape index (κ1) is 10.3. The second-order valence-corrected chi connectivity index (χ2v) is 3.61. The molecule has 0 saturated heterocycles. The number of rotatable bonds is 4. The van der Waals surface area contributed by atoms with Crippen LogP contribution in [0.1, 0.15) is 12.8 Å². The van der Waals surface area contributed by atoms with Crippen molar-refractivity contribution in [3.8, 4) is 0 Å². The van der Waals surface area contributed by atoms with Gasteiger partial charge in [-0.2, -0.15) is 0 Å². The van der Waals surface area contributed by atoms with E-state index in [0.29, 0.717) is 19.4 Å². The average Bonchev–Trinajstić information content (AvgIpc) is 2.67. The lowest BCUT2D eigenvalue weighted by atomic mass is 10.4. The third-order valence-electron chi connectivity index (χ3n) is 1.71. The van der Waals surface area contributed by atoms with Crippen LogP contribution in [-0.2, 0) is 20.4 Å². The molecule has 0 aromatic rings. The highest BCUT2D eigenvalue weighted by Crippen LogP contribution is 2.39. The predicted octanol–water partition coefficient (Wildman–Crippen LogP) is -0.582. The summed E-state index contributed by atoms with van der Waals surface area (Å²) in [5.41, 5.74) is -0.593. The summed E-state index contributed by atoms with van der Waals surface area (Å²) in [5, 5.41) is 0. The molecular weight excluding hydrogens is 198 g/mol. The molecule has 0 spiro atoms. The first-order valence-electron chi connectivity index (χ1n) is 3.71. The van der Waals surface area contributed by atoms with Crippen LogP contribution >= 0.6 is 0 Å². The van der Waals surface area contributed by atoms with Gasteiger partial charge in [0.15, 0.2) is 0 Å². The summed E-state index contributed by atoms with van der Waals surface area (Å²) in [6.07, 6.45) is 0.485. The van der Waals surface area contributed by atoms with E-state index in [1.165, 1.54) is 7.11 Å². The Bertz CT molecular complexity index is 262. The van der Waals surface area contributed by atoms with Gasteiger partial charge in [-0.15, -0.1) is 0 Å². The van der Waals surface area contributed by atoms with Crippen molar-refractivity contribution in [2.45, 2.75) is 18.4 Å². The third kappa shape index (κ3) is 3.19. The highest BCUT2D eigenvalue weighted by atomic mass is 32.2. The first-order valence-corrected chi connectivity index (χ1v) is 4.89. The molecule has 1 amide bonds. The Morgan fingerprint density at radius 2 is 2.15 bits per heavy atom. The number of thiol groups is 1. The van der Waals surface area contributed by atoms with Crippen molar-refractivity contribution < 1.29 is 22.7 Å². The summed E-state index contributed by atoms with van der Waals surface area (Å²) in [5.74, 6) is 0. The topological polar surface area (TPSA) is 81.7 Å². The molecule has 76 valence electrons. The average molecular weight is 209 g/mol. The number of nitrogens with one attached hydrogen (secondary N) is 1. The van der Waals surface area contributed by atoms with Gasteiger partial charge in [-0.05, 0) is 12.8 Å². The van der Waals surface area contributed by atoms with Gasteiger partial charge in [0.05, 0.1) is 6.61 Å². The molecule has 1 fully saturated rings. The second kappa shape index (κ2) is 3.93. The Kier molecular flexibility index (Phi) is 3.10. The number of hydrogen-bond donors (Lipinski definition) is 2. The smallest absolute Gasteiger partial charge is 0.421 e. The Morgan fingerprint density at radius 3 is 2.54 bits per heavy atom. The fourth-order valence-electron chi connectivity index (χ4n) is 0.972. The van der Waals surface area contributed by atoms with Gasteiger partial charge in [-0.25, -0.2) is 17.9 Å². The van der Waals surface area contributed by atoms with E-state index in [-0.39, 0.29) is 0 Å². The summed E-state index contributed by atoms with van der Waals surface area (Å²) in [6.45, 7) is 0.302. The largest absolute Gasteiger partial charge is 0.440 e. The predicted molar refractivity (Wildman–Crippen MR) is 43.8 cm³/mol. The van der Waals surface area contributed by atoms with Crippen molar-refractivity contribution in [3.05, 3.63) is 0 Å². The monoisotopic (exact) mass is 209 g/mol. The second-order valence-electron chi connectivity index (χ2n) is 2.87. The van der Waals surface area contributed by atoms with Gasteiger partial charge in [0, 0.05) is 7.11 Å². The molecule has 1 aliphatic rings. The van der Waals surface area contributed by atoms with Crippen molar-refractivity contribution in [2.75, 3.05) is 13.7 Å². The Balaban J connectivity index is 2.35. The molecule has 0 atom stereocenters. The summed E-state index contributed by atoms with van der Waals surface area (Å²) in [4.78, 5) is 10.8. The van der Waals surface area contributed by atoms with Crippen LogP contribution in [0.2, 0.25) is 0 Å². The summed E-state index contributed by atoms with van der Waals surface area (Å²) in [6, 6.07) is 0. The maximum absolute atomic E-state index is 10.8. The fourth-order valence-corrected chi connectivity index (χ4v) is 1.17.